The summed E-state index contributed by atoms with van der Waals surface area (Å²) in [6.45, 7) is 1.04. The first-order valence-electron chi connectivity index (χ1n) is 12.4. The Balaban J connectivity index is 0.00000387. The highest BCUT2D eigenvalue weighted by Gasteiger charge is 2.22. The van der Waals surface area contributed by atoms with Crippen molar-refractivity contribution < 1.29 is 24.2 Å². The molecule has 5 rings (SSSR count). The number of aromatic nitrogens is 4. The first-order chi connectivity index (χ1) is 19.5. The molecule has 3 heterocycles. The first kappa shape index (κ1) is 29.0. The van der Waals surface area contributed by atoms with Crippen LogP contribution < -0.4 is 20.9 Å². The SMILES string of the molecule is Cl.O=C(CNC(=O)OCc1ccccc1)Nc1nnc(-c2ccccc2O)cc1-n1cc(N2CCNCC2=O)cn1. The van der Waals surface area contributed by atoms with Gasteiger partial charge >= 0.3 is 6.09 Å². The zero-order valence-electron chi connectivity index (χ0n) is 21.7. The van der Waals surface area contributed by atoms with Crippen molar-refractivity contribution in [2.75, 3.05) is 36.4 Å². The number of anilines is 2. The van der Waals surface area contributed by atoms with Gasteiger partial charge in [-0.15, -0.1) is 22.6 Å². The van der Waals surface area contributed by atoms with Crippen LogP contribution in [-0.4, -0.2) is 69.2 Å². The predicted molar refractivity (Wildman–Crippen MR) is 152 cm³/mol. The third-order valence-electron chi connectivity index (χ3n) is 6.03. The molecule has 0 radical (unpaired) electrons. The van der Waals surface area contributed by atoms with Gasteiger partial charge in [-0.1, -0.05) is 42.5 Å². The molecule has 1 saturated heterocycles. The van der Waals surface area contributed by atoms with Crippen molar-refractivity contribution in [3.8, 4) is 22.7 Å². The molecule has 3 amide bonds. The summed E-state index contributed by atoms with van der Waals surface area (Å²) in [5.41, 5.74) is 2.49. The molecule has 0 atom stereocenters. The van der Waals surface area contributed by atoms with Gasteiger partial charge in [-0.3, -0.25) is 9.59 Å². The molecule has 1 aliphatic rings. The number of hydrogen-bond acceptors (Lipinski definition) is 9. The van der Waals surface area contributed by atoms with Gasteiger partial charge in [-0.05, 0) is 23.8 Å². The highest BCUT2D eigenvalue weighted by molar-refractivity contribution is 5.96. The third kappa shape index (κ3) is 7.15. The van der Waals surface area contributed by atoms with Crippen LogP contribution in [0.3, 0.4) is 0 Å². The van der Waals surface area contributed by atoms with Crippen LogP contribution in [0, 0.1) is 0 Å². The van der Waals surface area contributed by atoms with Crippen LogP contribution in [0.15, 0.2) is 73.1 Å². The van der Waals surface area contributed by atoms with Crippen molar-refractivity contribution in [2.45, 2.75) is 6.61 Å². The Morgan fingerprint density at radius 2 is 1.85 bits per heavy atom. The summed E-state index contributed by atoms with van der Waals surface area (Å²) >= 11 is 0. The highest BCUT2D eigenvalue weighted by atomic mass is 35.5. The summed E-state index contributed by atoms with van der Waals surface area (Å²) in [6, 6.07) is 17.4. The summed E-state index contributed by atoms with van der Waals surface area (Å²) in [5, 5.41) is 31.1. The monoisotopic (exact) mass is 578 g/mol. The Morgan fingerprint density at radius 1 is 1.07 bits per heavy atom. The second-order valence-corrected chi connectivity index (χ2v) is 8.81. The third-order valence-corrected chi connectivity index (χ3v) is 6.03. The van der Waals surface area contributed by atoms with Crippen LogP contribution in [0.4, 0.5) is 16.3 Å². The molecule has 0 saturated carbocycles. The van der Waals surface area contributed by atoms with Gasteiger partial charge in [-0.25, -0.2) is 9.48 Å². The molecule has 13 nitrogen and oxygen atoms in total. The zero-order valence-corrected chi connectivity index (χ0v) is 22.5. The van der Waals surface area contributed by atoms with Gasteiger partial charge in [0.1, 0.15) is 24.6 Å². The molecule has 2 aromatic carbocycles. The molecule has 1 fully saturated rings. The summed E-state index contributed by atoms with van der Waals surface area (Å²) in [4.78, 5) is 38.7. The Morgan fingerprint density at radius 3 is 2.63 bits per heavy atom. The number of nitrogens with one attached hydrogen (secondary N) is 3. The lowest BCUT2D eigenvalue weighted by molar-refractivity contribution is -0.118. The largest absolute Gasteiger partial charge is 0.507 e. The molecule has 41 heavy (non-hydrogen) atoms. The van der Waals surface area contributed by atoms with Gasteiger partial charge in [0.05, 0.1) is 30.3 Å². The van der Waals surface area contributed by atoms with E-state index in [1.807, 2.05) is 30.3 Å². The van der Waals surface area contributed by atoms with Gasteiger partial charge in [0.25, 0.3) is 0 Å². The van der Waals surface area contributed by atoms with E-state index in [-0.39, 0.29) is 49.6 Å². The lowest BCUT2D eigenvalue weighted by Gasteiger charge is -2.25. The van der Waals surface area contributed by atoms with Crippen LogP contribution in [0.25, 0.3) is 16.9 Å². The fourth-order valence-corrected chi connectivity index (χ4v) is 4.03. The molecule has 0 spiro atoms. The summed E-state index contributed by atoms with van der Waals surface area (Å²) in [6.07, 6.45) is 2.43. The Hall–Kier alpha value is -5.01. The topological polar surface area (TPSA) is 164 Å². The molecule has 212 valence electrons. The van der Waals surface area contributed by atoms with E-state index >= 15 is 0 Å². The van der Waals surface area contributed by atoms with E-state index in [9.17, 15) is 19.5 Å². The maximum atomic E-state index is 12.7. The Labute approximate surface area is 240 Å². The number of carbonyl (C=O) groups is 3. The number of phenols is 1. The van der Waals surface area contributed by atoms with Gasteiger partial charge in [-0.2, -0.15) is 5.10 Å². The number of carbonyl (C=O) groups excluding carboxylic acids is 3. The minimum atomic E-state index is -0.752. The van der Waals surface area contributed by atoms with Crippen molar-refractivity contribution >= 4 is 41.8 Å². The number of hydrogen-bond donors (Lipinski definition) is 4. The fraction of sp³-hybridized carbons (Fsp3) is 0.185. The number of halogens is 1. The molecule has 0 bridgehead atoms. The zero-order chi connectivity index (χ0) is 27.9. The molecule has 2 aromatic heterocycles. The Bertz CT molecular complexity index is 1530. The van der Waals surface area contributed by atoms with E-state index in [1.54, 1.807) is 41.6 Å². The highest BCUT2D eigenvalue weighted by Crippen LogP contribution is 2.30. The number of rotatable bonds is 8. The van der Waals surface area contributed by atoms with Crippen molar-refractivity contribution in [2.24, 2.45) is 0 Å². The van der Waals surface area contributed by atoms with Crippen molar-refractivity contribution in [3.05, 3.63) is 78.6 Å². The number of piperazine rings is 1. The van der Waals surface area contributed by atoms with Gasteiger partial charge in [0.2, 0.25) is 11.8 Å². The molecule has 4 N–H and O–H groups in total. The molecule has 0 unspecified atom stereocenters. The van der Waals surface area contributed by atoms with Crippen LogP contribution in [0.2, 0.25) is 0 Å². The van der Waals surface area contributed by atoms with Crippen molar-refractivity contribution in [3.63, 3.8) is 0 Å². The average molecular weight is 579 g/mol. The fourth-order valence-electron chi connectivity index (χ4n) is 4.03. The van der Waals surface area contributed by atoms with Crippen LogP contribution in [0.5, 0.6) is 5.75 Å². The first-order valence-corrected chi connectivity index (χ1v) is 12.4. The number of amides is 3. The van der Waals surface area contributed by atoms with E-state index < -0.39 is 12.0 Å². The Kier molecular flexibility index (Phi) is 9.45. The quantitative estimate of drug-likeness (QED) is 0.245. The van der Waals surface area contributed by atoms with E-state index in [2.05, 4.69) is 31.2 Å². The van der Waals surface area contributed by atoms with Gasteiger partial charge in [0.15, 0.2) is 5.82 Å². The second kappa shape index (κ2) is 13.4. The minimum absolute atomic E-state index is 0. The minimum Gasteiger partial charge on any atom is -0.507 e. The van der Waals surface area contributed by atoms with E-state index in [1.165, 1.54) is 10.7 Å². The molecule has 0 aliphatic carbocycles. The van der Waals surface area contributed by atoms with Crippen LogP contribution in [0.1, 0.15) is 5.56 Å². The number of nitrogens with zero attached hydrogens (tertiary/aromatic N) is 5. The standard InChI is InChI=1S/C27H26N8O5.ClH/c36-23-9-5-4-8-20(23)21-12-22(35-16-19(13-30-35)34-11-10-28-15-25(34)38)26(33-32-21)31-24(37)14-29-27(39)40-17-18-6-2-1-3-7-18;/h1-9,12-13,16,28,36H,10-11,14-15,17H2,(H,29,39)(H,31,33,37);1H. The smallest absolute Gasteiger partial charge is 0.407 e. The van der Waals surface area contributed by atoms with Crippen LogP contribution >= 0.6 is 12.4 Å². The van der Waals surface area contributed by atoms with E-state index in [0.29, 0.717) is 35.7 Å². The van der Waals surface area contributed by atoms with E-state index in [0.717, 1.165) is 5.56 Å². The number of ether oxygens (including phenoxy) is 1. The summed E-state index contributed by atoms with van der Waals surface area (Å²) in [7, 11) is 0. The number of benzene rings is 2. The van der Waals surface area contributed by atoms with Gasteiger partial charge < -0.3 is 30.7 Å². The molecule has 14 heteroatoms. The summed E-state index contributed by atoms with van der Waals surface area (Å²) < 4.78 is 6.59. The number of aromatic hydroxyl groups is 1. The normalized spacial score (nSPS) is 12.8. The number of phenolic OH excluding ortho intramolecular Hbond substituents is 1. The average Bonchev–Trinajstić information content (AvgIpc) is 3.46. The maximum absolute atomic E-state index is 12.7. The van der Waals surface area contributed by atoms with E-state index in [4.69, 9.17) is 4.74 Å². The lowest BCUT2D eigenvalue weighted by Crippen LogP contribution is -2.48. The van der Waals surface area contributed by atoms with Crippen LogP contribution in [-0.2, 0) is 20.9 Å². The molecule has 1 aliphatic heterocycles. The number of alkyl carbamates (subject to hydrolysis) is 1. The molecular weight excluding hydrogens is 552 g/mol. The predicted octanol–water partition coefficient (Wildman–Crippen LogP) is 2.26. The van der Waals surface area contributed by atoms with Crippen molar-refractivity contribution in [1.82, 2.24) is 30.6 Å². The molecule has 4 aromatic rings. The second-order valence-electron chi connectivity index (χ2n) is 8.81. The van der Waals surface area contributed by atoms with Gasteiger partial charge in [0, 0.05) is 18.7 Å². The number of para-hydroxylation sites is 1. The molecular formula is C27H27ClN8O5. The van der Waals surface area contributed by atoms with Crippen molar-refractivity contribution in [1.29, 1.82) is 0 Å². The summed E-state index contributed by atoms with van der Waals surface area (Å²) in [5.74, 6) is -0.602. The maximum Gasteiger partial charge on any atom is 0.407 e. The lowest BCUT2D eigenvalue weighted by atomic mass is 10.1.